The maximum absolute atomic E-state index is 12.9. The summed E-state index contributed by atoms with van der Waals surface area (Å²) in [5.74, 6) is 0.0576. The first-order valence-electron chi connectivity index (χ1n) is 9.63. The van der Waals surface area contributed by atoms with Gasteiger partial charge in [0.25, 0.3) is 0 Å². The summed E-state index contributed by atoms with van der Waals surface area (Å²) in [7, 11) is -3.70. The Morgan fingerprint density at radius 2 is 1.82 bits per heavy atom. The van der Waals surface area contributed by atoms with Crippen LogP contribution in [0.5, 0.6) is 0 Å². The highest BCUT2D eigenvalue weighted by atomic mass is 32.2. The van der Waals surface area contributed by atoms with Gasteiger partial charge in [0.1, 0.15) is 0 Å². The average Bonchev–Trinajstić information content (AvgIpc) is 3.29. The average molecular weight is 400 g/mol. The zero-order chi connectivity index (χ0) is 19.7. The van der Waals surface area contributed by atoms with E-state index in [0.717, 1.165) is 31.4 Å². The summed E-state index contributed by atoms with van der Waals surface area (Å²) in [4.78, 5) is 15.5. The lowest BCUT2D eigenvalue weighted by Gasteiger charge is -2.24. The van der Waals surface area contributed by atoms with Crippen molar-refractivity contribution in [1.29, 1.82) is 0 Å². The standard InChI is InChI=1S/C21H25N3O3S/c22-28(26,27)17-10-8-15(9-11-17)14-23-21(25)18-13-20(16-5-2-1-3-6-16)24-12-4-7-19(18)24/h1-3,5-6,8-11,18-20H,4,7,12-14H2,(H,23,25)(H2,22,26,27)/t18-,19+,20-/m1/s1. The molecule has 0 aliphatic carbocycles. The van der Waals surface area contributed by atoms with Crippen molar-refractivity contribution in [2.75, 3.05) is 6.54 Å². The van der Waals surface area contributed by atoms with Gasteiger partial charge in [-0.25, -0.2) is 13.6 Å². The van der Waals surface area contributed by atoms with E-state index in [-0.39, 0.29) is 16.7 Å². The number of nitrogens with two attached hydrogens (primary N) is 1. The Labute approximate surface area is 165 Å². The van der Waals surface area contributed by atoms with Crippen LogP contribution in [0.3, 0.4) is 0 Å². The van der Waals surface area contributed by atoms with Gasteiger partial charge in [-0.15, -0.1) is 0 Å². The number of benzene rings is 2. The Morgan fingerprint density at radius 1 is 1.11 bits per heavy atom. The summed E-state index contributed by atoms with van der Waals surface area (Å²) in [5, 5.41) is 8.16. The number of rotatable bonds is 5. The van der Waals surface area contributed by atoms with E-state index in [1.807, 2.05) is 6.07 Å². The molecule has 0 bridgehead atoms. The van der Waals surface area contributed by atoms with E-state index in [2.05, 4.69) is 34.5 Å². The molecule has 2 aromatic rings. The van der Waals surface area contributed by atoms with Crippen LogP contribution in [0.15, 0.2) is 59.5 Å². The quantitative estimate of drug-likeness (QED) is 0.806. The Balaban J connectivity index is 1.42. The van der Waals surface area contributed by atoms with Crippen molar-refractivity contribution in [2.24, 2.45) is 11.1 Å². The molecule has 0 saturated carbocycles. The number of fused-ring (bicyclic) bond motifs is 1. The van der Waals surface area contributed by atoms with Crippen LogP contribution in [-0.2, 0) is 21.4 Å². The summed E-state index contributed by atoms with van der Waals surface area (Å²) >= 11 is 0. The lowest BCUT2D eigenvalue weighted by molar-refractivity contribution is -0.125. The largest absolute Gasteiger partial charge is 0.352 e. The fraction of sp³-hybridized carbons (Fsp3) is 0.381. The molecular formula is C21H25N3O3S. The number of hydrogen-bond acceptors (Lipinski definition) is 4. The van der Waals surface area contributed by atoms with E-state index in [9.17, 15) is 13.2 Å². The van der Waals surface area contributed by atoms with E-state index < -0.39 is 10.0 Å². The smallest absolute Gasteiger partial charge is 0.238 e. The third kappa shape index (κ3) is 3.83. The lowest BCUT2D eigenvalue weighted by atomic mass is 9.93. The molecular weight excluding hydrogens is 374 g/mol. The van der Waals surface area contributed by atoms with Crippen molar-refractivity contribution in [3.05, 3.63) is 65.7 Å². The molecule has 0 radical (unpaired) electrons. The Kier molecular flexibility index (Phi) is 5.23. The highest BCUT2D eigenvalue weighted by Crippen LogP contribution is 2.44. The van der Waals surface area contributed by atoms with Crippen LogP contribution in [0.25, 0.3) is 0 Å². The molecule has 2 aliphatic heterocycles. The second kappa shape index (κ2) is 7.66. The van der Waals surface area contributed by atoms with Crippen LogP contribution >= 0.6 is 0 Å². The van der Waals surface area contributed by atoms with Gasteiger partial charge in [0.2, 0.25) is 15.9 Å². The first-order chi connectivity index (χ1) is 13.4. The fourth-order valence-electron chi connectivity index (χ4n) is 4.57. The van der Waals surface area contributed by atoms with Gasteiger partial charge in [-0.2, -0.15) is 0 Å². The summed E-state index contributed by atoms with van der Waals surface area (Å²) in [6, 6.07) is 17.3. The minimum absolute atomic E-state index is 0.0172. The minimum atomic E-state index is -3.70. The zero-order valence-electron chi connectivity index (χ0n) is 15.6. The van der Waals surface area contributed by atoms with Crippen molar-refractivity contribution in [3.63, 3.8) is 0 Å². The van der Waals surface area contributed by atoms with E-state index in [4.69, 9.17) is 5.14 Å². The summed E-state index contributed by atoms with van der Waals surface area (Å²) < 4.78 is 22.7. The van der Waals surface area contributed by atoms with Crippen LogP contribution in [-0.4, -0.2) is 31.8 Å². The SMILES string of the molecule is NS(=O)(=O)c1ccc(CNC(=O)[C@@H]2C[C@H](c3ccccc3)N3CCC[C@@H]23)cc1. The highest BCUT2D eigenvalue weighted by molar-refractivity contribution is 7.89. The van der Waals surface area contributed by atoms with Crippen molar-refractivity contribution in [2.45, 2.75) is 42.8 Å². The Morgan fingerprint density at radius 3 is 2.50 bits per heavy atom. The van der Waals surface area contributed by atoms with E-state index >= 15 is 0 Å². The summed E-state index contributed by atoms with van der Waals surface area (Å²) in [6.07, 6.45) is 3.03. The van der Waals surface area contributed by atoms with Crippen LogP contribution in [0.2, 0.25) is 0 Å². The van der Waals surface area contributed by atoms with Crippen molar-refractivity contribution in [3.8, 4) is 0 Å². The topological polar surface area (TPSA) is 92.5 Å². The van der Waals surface area contributed by atoms with Crippen molar-refractivity contribution in [1.82, 2.24) is 10.2 Å². The number of sulfonamides is 1. The maximum atomic E-state index is 12.9. The molecule has 2 fully saturated rings. The van der Waals surface area contributed by atoms with Crippen molar-refractivity contribution >= 4 is 15.9 Å². The number of carbonyl (C=O) groups excluding carboxylic acids is 1. The molecule has 2 aliphatic rings. The normalized spacial score (nSPS) is 24.8. The molecule has 6 nitrogen and oxygen atoms in total. The highest BCUT2D eigenvalue weighted by Gasteiger charge is 2.46. The molecule has 2 heterocycles. The lowest BCUT2D eigenvalue weighted by Crippen LogP contribution is -2.37. The number of carbonyl (C=O) groups is 1. The predicted octanol–water partition coefficient (Wildman–Crippen LogP) is 2.18. The van der Waals surface area contributed by atoms with E-state index in [1.165, 1.54) is 17.7 Å². The Bertz CT molecular complexity index is 945. The van der Waals surface area contributed by atoms with E-state index in [1.54, 1.807) is 12.1 Å². The summed E-state index contributed by atoms with van der Waals surface area (Å²) in [5.41, 5.74) is 2.13. The predicted molar refractivity (Wildman–Crippen MR) is 107 cm³/mol. The minimum Gasteiger partial charge on any atom is -0.352 e. The number of amides is 1. The molecule has 0 unspecified atom stereocenters. The molecule has 3 atom stereocenters. The third-order valence-electron chi connectivity index (χ3n) is 5.92. The van der Waals surface area contributed by atoms with Gasteiger partial charge >= 0.3 is 0 Å². The van der Waals surface area contributed by atoms with Gasteiger partial charge in [-0.05, 0) is 49.1 Å². The second-order valence-electron chi connectivity index (χ2n) is 7.62. The molecule has 3 N–H and O–H groups in total. The second-order valence-corrected chi connectivity index (χ2v) is 9.18. The first kappa shape index (κ1) is 19.1. The van der Waals surface area contributed by atoms with Crippen LogP contribution in [0.1, 0.15) is 36.4 Å². The van der Waals surface area contributed by atoms with Gasteiger partial charge in [0.05, 0.1) is 10.8 Å². The molecule has 1 amide bonds. The summed E-state index contributed by atoms with van der Waals surface area (Å²) in [6.45, 7) is 1.42. The third-order valence-corrected chi connectivity index (χ3v) is 6.85. The number of nitrogens with one attached hydrogen (secondary N) is 1. The van der Waals surface area contributed by atoms with Crippen molar-refractivity contribution < 1.29 is 13.2 Å². The monoisotopic (exact) mass is 399 g/mol. The molecule has 0 aromatic heterocycles. The molecule has 28 heavy (non-hydrogen) atoms. The number of nitrogens with zero attached hydrogens (tertiary/aromatic N) is 1. The van der Waals surface area contributed by atoms with Crippen LogP contribution in [0.4, 0.5) is 0 Å². The van der Waals surface area contributed by atoms with Crippen LogP contribution < -0.4 is 10.5 Å². The molecule has 7 heteroatoms. The zero-order valence-corrected chi connectivity index (χ0v) is 16.4. The molecule has 4 rings (SSSR count). The Hall–Kier alpha value is -2.22. The van der Waals surface area contributed by atoms with Gasteiger partial charge < -0.3 is 5.32 Å². The van der Waals surface area contributed by atoms with Crippen LogP contribution in [0, 0.1) is 5.92 Å². The molecule has 2 aromatic carbocycles. The van der Waals surface area contributed by atoms with Gasteiger partial charge in [0.15, 0.2) is 0 Å². The first-order valence-corrected chi connectivity index (χ1v) is 11.2. The van der Waals surface area contributed by atoms with Gasteiger partial charge in [-0.1, -0.05) is 42.5 Å². The van der Waals surface area contributed by atoms with Gasteiger partial charge in [0, 0.05) is 18.6 Å². The van der Waals surface area contributed by atoms with E-state index in [0.29, 0.717) is 18.6 Å². The number of primary sulfonamides is 1. The maximum Gasteiger partial charge on any atom is 0.238 e. The molecule has 2 saturated heterocycles. The number of hydrogen-bond donors (Lipinski definition) is 2. The van der Waals surface area contributed by atoms with Gasteiger partial charge in [-0.3, -0.25) is 9.69 Å². The fourth-order valence-corrected chi connectivity index (χ4v) is 5.08. The molecule has 148 valence electrons. The molecule has 0 spiro atoms.